The fraction of sp³-hybridized carbons (Fsp3) is 0.0667. The van der Waals surface area contributed by atoms with Gasteiger partial charge in [0.1, 0.15) is 17.7 Å². The van der Waals surface area contributed by atoms with E-state index in [0.717, 1.165) is 10.8 Å². The van der Waals surface area contributed by atoms with E-state index >= 15 is 0 Å². The number of amides is 1. The first-order chi connectivity index (χ1) is 19.2. The summed E-state index contributed by atoms with van der Waals surface area (Å²) in [6, 6.07) is 27.8. The van der Waals surface area contributed by atoms with Crippen LogP contribution in [0.2, 0.25) is 5.02 Å². The number of ether oxygens (including phenoxy) is 1. The van der Waals surface area contributed by atoms with Crippen LogP contribution in [-0.4, -0.2) is 19.3 Å². The molecule has 10 heteroatoms. The first kappa shape index (κ1) is 27.1. The molecule has 1 aromatic heterocycles. The van der Waals surface area contributed by atoms with Crippen LogP contribution in [0.25, 0.3) is 21.9 Å². The van der Waals surface area contributed by atoms with Crippen LogP contribution in [0.15, 0.2) is 108 Å². The Morgan fingerprint density at radius 1 is 0.950 bits per heavy atom. The number of fused-ring (bicyclic) bond motifs is 1. The summed E-state index contributed by atoms with van der Waals surface area (Å²) in [5, 5.41) is 10.4. The number of benzene rings is 4. The number of nitrogen functional groups attached to an aromatic ring is 1. The lowest BCUT2D eigenvalue weighted by Crippen LogP contribution is -2.19. The molecule has 0 saturated heterocycles. The van der Waals surface area contributed by atoms with Crippen molar-refractivity contribution in [2.24, 2.45) is 5.14 Å². The second-order valence-corrected chi connectivity index (χ2v) is 11.0. The van der Waals surface area contributed by atoms with E-state index in [0.29, 0.717) is 39.0 Å². The third-order valence-corrected chi connectivity index (χ3v) is 7.66. The summed E-state index contributed by atoms with van der Waals surface area (Å²) < 4.78 is 30.2. The number of pyridine rings is 1. The number of nitrogens with two attached hydrogens (primary N) is 2. The number of nitrogens with one attached hydrogen (secondary N) is 1. The molecular formula is C30H25ClN4O4S. The highest BCUT2D eigenvalue weighted by atomic mass is 35.5. The van der Waals surface area contributed by atoms with E-state index in [4.69, 9.17) is 27.2 Å². The first-order valence-corrected chi connectivity index (χ1v) is 14.2. The molecule has 5 aromatic rings. The Kier molecular flexibility index (Phi) is 7.70. The van der Waals surface area contributed by atoms with Crippen LogP contribution >= 0.6 is 11.6 Å². The zero-order valence-electron chi connectivity index (χ0n) is 21.1. The van der Waals surface area contributed by atoms with Gasteiger partial charge in [-0.1, -0.05) is 66.2 Å². The molecule has 40 heavy (non-hydrogen) atoms. The van der Waals surface area contributed by atoms with Gasteiger partial charge in [0.15, 0.2) is 0 Å². The van der Waals surface area contributed by atoms with Gasteiger partial charge < -0.3 is 15.8 Å². The van der Waals surface area contributed by atoms with Gasteiger partial charge >= 0.3 is 0 Å². The lowest BCUT2D eigenvalue weighted by molar-refractivity contribution is -0.117. The standard InChI is InChI=1S/C30H25ClN4O4S/c31-26-7-3-1-6-24(26)27(39-22-14-11-20-15-16-34-30(32)25(20)17-22)18-29(36)35-21-12-9-19(10-13-21)23-5-2-4-8-28(23)40(33,37)38/h1-17,27H,18H2,(H2,32,34)(H,35,36)(H2,33,37,38). The van der Waals surface area contributed by atoms with E-state index in [-0.39, 0.29) is 17.2 Å². The van der Waals surface area contributed by atoms with Crippen molar-refractivity contribution < 1.29 is 17.9 Å². The molecule has 0 fully saturated rings. The van der Waals surface area contributed by atoms with Crippen molar-refractivity contribution in [3.8, 4) is 16.9 Å². The van der Waals surface area contributed by atoms with Gasteiger partial charge in [-0.25, -0.2) is 18.5 Å². The number of carbonyl (C=O) groups is 1. The van der Waals surface area contributed by atoms with E-state index in [1.54, 1.807) is 66.9 Å². The highest BCUT2D eigenvalue weighted by Gasteiger charge is 2.21. The van der Waals surface area contributed by atoms with Gasteiger partial charge in [-0.15, -0.1) is 0 Å². The summed E-state index contributed by atoms with van der Waals surface area (Å²) in [6.45, 7) is 0. The Labute approximate surface area is 236 Å². The normalized spacial score (nSPS) is 12.2. The number of hydrogen-bond acceptors (Lipinski definition) is 6. The topological polar surface area (TPSA) is 137 Å². The number of carbonyl (C=O) groups excluding carboxylic acids is 1. The molecule has 4 aromatic carbocycles. The van der Waals surface area contributed by atoms with Crippen LogP contribution in [0.3, 0.4) is 0 Å². The molecule has 0 radical (unpaired) electrons. The first-order valence-electron chi connectivity index (χ1n) is 12.3. The molecule has 0 aliphatic heterocycles. The minimum Gasteiger partial charge on any atom is -0.485 e. The number of nitrogens with zero attached hydrogens (tertiary/aromatic N) is 1. The van der Waals surface area contributed by atoms with Crippen LogP contribution < -0.4 is 20.9 Å². The van der Waals surface area contributed by atoms with Crippen molar-refractivity contribution in [3.63, 3.8) is 0 Å². The maximum Gasteiger partial charge on any atom is 0.238 e. The van der Waals surface area contributed by atoms with Crippen molar-refractivity contribution in [3.05, 3.63) is 114 Å². The molecule has 1 unspecified atom stereocenters. The third-order valence-electron chi connectivity index (χ3n) is 6.34. The average molecular weight is 573 g/mol. The Bertz CT molecular complexity index is 1810. The maximum absolute atomic E-state index is 13.1. The second-order valence-electron chi connectivity index (χ2n) is 9.08. The lowest BCUT2D eigenvalue weighted by Gasteiger charge is -2.21. The Morgan fingerprint density at radius 3 is 2.42 bits per heavy atom. The molecule has 1 heterocycles. The molecule has 8 nitrogen and oxygen atoms in total. The van der Waals surface area contributed by atoms with Crippen LogP contribution in [0.1, 0.15) is 18.1 Å². The molecule has 5 N–H and O–H groups in total. The fourth-order valence-electron chi connectivity index (χ4n) is 4.43. The van der Waals surface area contributed by atoms with Crippen LogP contribution in [0.5, 0.6) is 5.75 Å². The van der Waals surface area contributed by atoms with Crippen molar-refractivity contribution in [2.45, 2.75) is 17.4 Å². The Morgan fingerprint density at radius 2 is 1.68 bits per heavy atom. The Balaban J connectivity index is 1.36. The summed E-state index contributed by atoms with van der Waals surface area (Å²) >= 11 is 6.48. The number of aromatic nitrogens is 1. The average Bonchev–Trinajstić information content (AvgIpc) is 2.93. The molecule has 1 atom stereocenters. The van der Waals surface area contributed by atoms with Crippen molar-refractivity contribution >= 4 is 49.8 Å². The minimum absolute atomic E-state index is 0.0257. The van der Waals surface area contributed by atoms with Crippen LogP contribution in [-0.2, 0) is 14.8 Å². The maximum atomic E-state index is 13.1. The van der Waals surface area contributed by atoms with Gasteiger partial charge in [-0.3, -0.25) is 4.79 Å². The molecular weight excluding hydrogens is 548 g/mol. The molecule has 0 aliphatic rings. The summed E-state index contributed by atoms with van der Waals surface area (Å²) in [6.07, 6.45) is 0.922. The highest BCUT2D eigenvalue weighted by molar-refractivity contribution is 7.89. The van der Waals surface area contributed by atoms with Gasteiger partial charge in [0.05, 0.1) is 11.3 Å². The predicted molar refractivity (Wildman–Crippen MR) is 157 cm³/mol. The summed E-state index contributed by atoms with van der Waals surface area (Å²) in [5.74, 6) is 0.595. The molecule has 0 bridgehead atoms. The van der Waals surface area contributed by atoms with Gasteiger partial charge in [-0.2, -0.15) is 0 Å². The molecule has 202 valence electrons. The van der Waals surface area contributed by atoms with Gasteiger partial charge in [0.2, 0.25) is 15.9 Å². The quantitative estimate of drug-likeness (QED) is 0.210. The van der Waals surface area contributed by atoms with Crippen molar-refractivity contribution in [1.82, 2.24) is 4.98 Å². The number of hydrogen-bond donors (Lipinski definition) is 3. The van der Waals surface area contributed by atoms with E-state index in [1.807, 2.05) is 30.3 Å². The van der Waals surface area contributed by atoms with Gasteiger partial charge in [-0.05, 0) is 53.4 Å². The van der Waals surface area contributed by atoms with Crippen molar-refractivity contribution in [2.75, 3.05) is 11.1 Å². The Hall–Kier alpha value is -4.44. The number of anilines is 2. The smallest absolute Gasteiger partial charge is 0.238 e. The van der Waals surface area contributed by atoms with E-state index in [1.165, 1.54) is 6.07 Å². The summed E-state index contributed by atoms with van der Waals surface area (Å²) in [5.41, 5.74) is 8.36. The number of sulfonamides is 1. The van der Waals surface area contributed by atoms with Crippen LogP contribution in [0, 0.1) is 0 Å². The van der Waals surface area contributed by atoms with E-state index in [9.17, 15) is 13.2 Å². The zero-order valence-corrected chi connectivity index (χ0v) is 22.7. The van der Waals surface area contributed by atoms with E-state index < -0.39 is 16.1 Å². The predicted octanol–water partition coefficient (Wildman–Crippen LogP) is 5.93. The van der Waals surface area contributed by atoms with Gasteiger partial charge in [0, 0.05) is 33.4 Å². The monoisotopic (exact) mass is 572 g/mol. The largest absolute Gasteiger partial charge is 0.485 e. The molecule has 0 saturated carbocycles. The SMILES string of the molecule is Nc1nccc2ccc(OC(CC(=O)Nc3ccc(-c4ccccc4S(N)(=O)=O)cc3)c3ccccc3Cl)cc12. The second kappa shape index (κ2) is 11.4. The van der Waals surface area contributed by atoms with E-state index in [2.05, 4.69) is 10.3 Å². The van der Waals surface area contributed by atoms with Gasteiger partial charge in [0.25, 0.3) is 0 Å². The molecule has 0 spiro atoms. The number of rotatable bonds is 8. The van der Waals surface area contributed by atoms with Crippen molar-refractivity contribution in [1.29, 1.82) is 0 Å². The molecule has 5 rings (SSSR count). The lowest BCUT2D eigenvalue weighted by atomic mass is 10.0. The molecule has 1 amide bonds. The molecule has 0 aliphatic carbocycles. The number of halogens is 1. The summed E-state index contributed by atoms with van der Waals surface area (Å²) in [7, 11) is -3.90. The number of primary sulfonamides is 1. The van der Waals surface area contributed by atoms with Crippen LogP contribution in [0.4, 0.5) is 11.5 Å². The zero-order chi connectivity index (χ0) is 28.3. The third kappa shape index (κ3) is 6.07. The minimum atomic E-state index is -3.90. The summed E-state index contributed by atoms with van der Waals surface area (Å²) in [4.78, 5) is 17.3. The fourth-order valence-corrected chi connectivity index (χ4v) is 5.44. The highest BCUT2D eigenvalue weighted by Crippen LogP contribution is 2.33.